The van der Waals surface area contributed by atoms with Gasteiger partial charge in [-0.15, -0.1) is 0 Å². The van der Waals surface area contributed by atoms with Crippen LogP contribution in [0.15, 0.2) is 0 Å². The van der Waals surface area contributed by atoms with Crippen LogP contribution in [0.3, 0.4) is 0 Å². The predicted molar refractivity (Wildman–Crippen MR) is 65.3 cm³/mol. The quantitative estimate of drug-likeness (QED) is 0.765. The van der Waals surface area contributed by atoms with Gasteiger partial charge in [0.15, 0.2) is 9.84 Å². The van der Waals surface area contributed by atoms with Gasteiger partial charge in [0.25, 0.3) is 0 Å². The van der Waals surface area contributed by atoms with E-state index in [2.05, 4.69) is 10.2 Å². The molecule has 0 spiro atoms. The van der Waals surface area contributed by atoms with Gasteiger partial charge < -0.3 is 10.2 Å². The molecule has 0 aromatic heterocycles. The van der Waals surface area contributed by atoms with Gasteiger partial charge in [-0.1, -0.05) is 0 Å². The van der Waals surface area contributed by atoms with Gasteiger partial charge in [-0.2, -0.15) is 0 Å². The summed E-state index contributed by atoms with van der Waals surface area (Å²) in [5.41, 5.74) is 0. The molecule has 2 aliphatic heterocycles. The molecule has 0 aromatic rings. The molecule has 2 rings (SSSR count). The summed E-state index contributed by atoms with van der Waals surface area (Å²) in [6.45, 7) is 4.91. The molecule has 1 N–H and O–H groups in total. The first-order chi connectivity index (χ1) is 7.66. The van der Waals surface area contributed by atoms with Gasteiger partial charge in [0.1, 0.15) is 0 Å². The zero-order chi connectivity index (χ0) is 11.4. The largest absolute Gasteiger partial charge is 0.316 e. The van der Waals surface area contributed by atoms with Crippen LogP contribution in [0.2, 0.25) is 0 Å². The minimum absolute atomic E-state index is 0.359. The Morgan fingerprint density at radius 1 is 1.25 bits per heavy atom. The first-order valence-electron chi connectivity index (χ1n) is 6.29. The van der Waals surface area contributed by atoms with E-state index in [0.29, 0.717) is 11.5 Å². The SMILES string of the molecule is O=S1(=O)CCN(CCCC2CCNC2)CC1. The lowest BCUT2D eigenvalue weighted by Crippen LogP contribution is -2.40. The van der Waals surface area contributed by atoms with E-state index in [1.807, 2.05) is 0 Å². The Morgan fingerprint density at radius 2 is 2.00 bits per heavy atom. The van der Waals surface area contributed by atoms with Crippen molar-refractivity contribution in [1.29, 1.82) is 0 Å². The van der Waals surface area contributed by atoms with E-state index in [1.54, 1.807) is 0 Å². The monoisotopic (exact) mass is 246 g/mol. The Labute approximate surface area is 98.3 Å². The van der Waals surface area contributed by atoms with E-state index in [1.165, 1.54) is 32.4 Å². The highest BCUT2D eigenvalue weighted by Crippen LogP contribution is 2.15. The molecule has 4 nitrogen and oxygen atoms in total. The van der Waals surface area contributed by atoms with Crippen molar-refractivity contribution >= 4 is 9.84 Å². The van der Waals surface area contributed by atoms with Crippen molar-refractivity contribution in [2.75, 3.05) is 44.2 Å². The van der Waals surface area contributed by atoms with Crippen LogP contribution in [-0.2, 0) is 9.84 Å². The first-order valence-corrected chi connectivity index (χ1v) is 8.11. The van der Waals surface area contributed by atoms with Crippen LogP contribution in [0.5, 0.6) is 0 Å². The third-order valence-corrected chi connectivity index (χ3v) is 5.30. The van der Waals surface area contributed by atoms with Crippen LogP contribution in [0, 0.1) is 5.92 Å². The average Bonchev–Trinajstić information content (AvgIpc) is 2.73. The summed E-state index contributed by atoms with van der Waals surface area (Å²) in [6.07, 6.45) is 3.82. The van der Waals surface area contributed by atoms with Gasteiger partial charge in [0, 0.05) is 13.1 Å². The Hall–Kier alpha value is -0.130. The predicted octanol–water partition coefficient (Wildman–Crippen LogP) is 0.107. The molecule has 0 aromatic carbocycles. The molecule has 2 fully saturated rings. The molecular formula is C11H22N2O2S. The van der Waals surface area contributed by atoms with Gasteiger partial charge in [0.2, 0.25) is 0 Å². The molecule has 2 heterocycles. The van der Waals surface area contributed by atoms with Gasteiger partial charge in [0.05, 0.1) is 11.5 Å². The number of nitrogens with zero attached hydrogens (tertiary/aromatic N) is 1. The van der Waals surface area contributed by atoms with Crippen molar-refractivity contribution in [2.24, 2.45) is 5.92 Å². The van der Waals surface area contributed by atoms with Crippen LogP contribution in [-0.4, -0.2) is 57.5 Å². The normalized spacial score (nSPS) is 30.6. The Morgan fingerprint density at radius 3 is 2.62 bits per heavy atom. The summed E-state index contributed by atoms with van der Waals surface area (Å²) in [6, 6.07) is 0. The van der Waals surface area contributed by atoms with Gasteiger partial charge >= 0.3 is 0 Å². The number of hydrogen-bond donors (Lipinski definition) is 1. The zero-order valence-electron chi connectivity index (χ0n) is 9.82. The van der Waals surface area contributed by atoms with E-state index in [-0.39, 0.29) is 0 Å². The molecular weight excluding hydrogens is 224 g/mol. The van der Waals surface area contributed by atoms with Crippen LogP contribution < -0.4 is 5.32 Å². The van der Waals surface area contributed by atoms with Crippen molar-refractivity contribution in [3.8, 4) is 0 Å². The third-order valence-electron chi connectivity index (χ3n) is 3.69. The van der Waals surface area contributed by atoms with Gasteiger partial charge in [-0.05, 0) is 44.8 Å². The summed E-state index contributed by atoms with van der Waals surface area (Å²) in [4.78, 5) is 2.30. The standard InChI is InChI=1S/C11H22N2O2S/c14-16(15)8-6-13(7-9-16)5-1-2-11-3-4-12-10-11/h11-12H,1-10H2. The average molecular weight is 246 g/mol. The van der Waals surface area contributed by atoms with Gasteiger partial charge in [-0.3, -0.25) is 0 Å². The second-order valence-electron chi connectivity index (χ2n) is 4.99. The van der Waals surface area contributed by atoms with Crippen molar-refractivity contribution in [1.82, 2.24) is 10.2 Å². The lowest BCUT2D eigenvalue weighted by atomic mass is 10.0. The van der Waals surface area contributed by atoms with Crippen LogP contribution in [0.25, 0.3) is 0 Å². The number of nitrogens with one attached hydrogen (secondary N) is 1. The molecule has 2 aliphatic rings. The molecule has 16 heavy (non-hydrogen) atoms. The first kappa shape index (κ1) is 12.3. The Balaban J connectivity index is 1.60. The van der Waals surface area contributed by atoms with Crippen molar-refractivity contribution in [3.05, 3.63) is 0 Å². The molecule has 1 unspecified atom stereocenters. The molecule has 5 heteroatoms. The fourth-order valence-corrected chi connectivity index (χ4v) is 3.82. The van der Waals surface area contributed by atoms with E-state index < -0.39 is 9.84 Å². The van der Waals surface area contributed by atoms with Crippen molar-refractivity contribution < 1.29 is 8.42 Å². The van der Waals surface area contributed by atoms with Crippen LogP contribution >= 0.6 is 0 Å². The third kappa shape index (κ3) is 3.71. The smallest absolute Gasteiger partial charge is 0.152 e. The molecule has 1 atom stereocenters. The fourth-order valence-electron chi connectivity index (χ4n) is 2.54. The molecule has 94 valence electrons. The summed E-state index contributed by atoms with van der Waals surface area (Å²) < 4.78 is 22.5. The van der Waals surface area contributed by atoms with E-state index >= 15 is 0 Å². The topological polar surface area (TPSA) is 49.4 Å². The lowest BCUT2D eigenvalue weighted by molar-refractivity contribution is 0.281. The highest BCUT2D eigenvalue weighted by atomic mass is 32.2. The van der Waals surface area contributed by atoms with Crippen molar-refractivity contribution in [2.45, 2.75) is 19.3 Å². The Kier molecular flexibility index (Phi) is 4.21. The fraction of sp³-hybridized carbons (Fsp3) is 1.00. The zero-order valence-corrected chi connectivity index (χ0v) is 10.6. The summed E-state index contributed by atoms with van der Waals surface area (Å²) in [7, 11) is -2.71. The maximum atomic E-state index is 11.2. The maximum Gasteiger partial charge on any atom is 0.152 e. The van der Waals surface area contributed by atoms with E-state index in [4.69, 9.17) is 0 Å². The molecule has 2 saturated heterocycles. The van der Waals surface area contributed by atoms with Crippen LogP contribution in [0.1, 0.15) is 19.3 Å². The summed E-state index contributed by atoms with van der Waals surface area (Å²) in [5, 5.41) is 3.38. The van der Waals surface area contributed by atoms with Gasteiger partial charge in [-0.25, -0.2) is 8.42 Å². The number of rotatable bonds is 4. The minimum atomic E-state index is -2.71. The molecule has 0 saturated carbocycles. The van der Waals surface area contributed by atoms with E-state index in [0.717, 1.165) is 25.6 Å². The second-order valence-corrected chi connectivity index (χ2v) is 7.30. The second kappa shape index (κ2) is 5.47. The number of hydrogen-bond acceptors (Lipinski definition) is 4. The maximum absolute atomic E-state index is 11.2. The highest BCUT2D eigenvalue weighted by molar-refractivity contribution is 7.91. The van der Waals surface area contributed by atoms with Crippen LogP contribution in [0.4, 0.5) is 0 Å². The lowest BCUT2D eigenvalue weighted by Gasteiger charge is -2.26. The molecule has 0 bridgehead atoms. The minimum Gasteiger partial charge on any atom is -0.316 e. The Bertz CT molecular complexity index is 296. The summed E-state index contributed by atoms with van der Waals surface area (Å²) >= 11 is 0. The number of sulfone groups is 1. The molecule has 0 radical (unpaired) electrons. The molecule has 0 aliphatic carbocycles. The molecule has 0 amide bonds. The highest BCUT2D eigenvalue weighted by Gasteiger charge is 2.21. The van der Waals surface area contributed by atoms with Crippen molar-refractivity contribution in [3.63, 3.8) is 0 Å². The summed E-state index contributed by atoms with van der Waals surface area (Å²) in [5.74, 6) is 1.57. The van der Waals surface area contributed by atoms with E-state index in [9.17, 15) is 8.42 Å².